The highest BCUT2D eigenvalue weighted by atomic mass is 16.3. The lowest BCUT2D eigenvalue weighted by Gasteiger charge is -2.31. The van der Waals surface area contributed by atoms with Crippen LogP contribution >= 0.6 is 0 Å². The number of carbonyl (C=O) groups excluding carboxylic acids is 1. The number of amides is 1. The number of likely N-dealkylation sites (tertiary alicyclic amines) is 1. The summed E-state index contributed by atoms with van der Waals surface area (Å²) in [4.78, 5) is 13.8. The lowest BCUT2D eigenvalue weighted by atomic mass is 9.88. The zero-order valence-corrected chi connectivity index (χ0v) is 10.3. The summed E-state index contributed by atoms with van der Waals surface area (Å²) in [5, 5.41) is 13.4. The van der Waals surface area contributed by atoms with E-state index < -0.39 is 12.1 Å². The molecule has 2 aliphatic rings. The van der Waals surface area contributed by atoms with Crippen LogP contribution in [0.25, 0.3) is 0 Å². The van der Waals surface area contributed by atoms with E-state index in [1.165, 1.54) is 0 Å². The number of aliphatic hydroxyl groups excluding tert-OH is 1. The van der Waals surface area contributed by atoms with Gasteiger partial charge in [-0.2, -0.15) is 0 Å². The quantitative estimate of drug-likeness (QED) is 0.661. The Morgan fingerprint density at radius 2 is 1.83 bits per heavy atom. The molecule has 18 heavy (non-hydrogen) atoms. The van der Waals surface area contributed by atoms with E-state index in [0.29, 0.717) is 0 Å². The maximum Gasteiger partial charge on any atom is 0.242 e. The summed E-state index contributed by atoms with van der Waals surface area (Å²) in [6, 6.07) is -0.740. The van der Waals surface area contributed by atoms with Gasteiger partial charge in [-0.25, -0.2) is 0 Å². The molecule has 0 aromatic carbocycles. The molecule has 2 rings (SSSR count). The summed E-state index contributed by atoms with van der Waals surface area (Å²) in [7, 11) is 0. The Labute approximate surface area is 110 Å². The summed E-state index contributed by atoms with van der Waals surface area (Å²) in [6.45, 7) is 3.41. The second-order valence-corrected chi connectivity index (χ2v) is 5.14. The van der Waals surface area contributed by atoms with Crippen LogP contribution in [0.2, 0.25) is 0 Å². The van der Waals surface area contributed by atoms with Gasteiger partial charge in [0.05, 0.1) is 6.10 Å². The summed E-state index contributed by atoms with van der Waals surface area (Å²) in [5.74, 6) is 0.0892. The molecular formula is C13H27N3O2. The molecule has 0 spiro atoms. The van der Waals surface area contributed by atoms with Crippen molar-refractivity contribution < 1.29 is 9.90 Å². The van der Waals surface area contributed by atoms with Crippen LogP contribution < -0.4 is 11.1 Å². The van der Waals surface area contributed by atoms with E-state index in [-0.39, 0.29) is 19.3 Å². The largest absolute Gasteiger partial charge is 0.391 e. The van der Waals surface area contributed by atoms with Crippen molar-refractivity contribution in [3.8, 4) is 0 Å². The molecule has 5 nitrogen and oxygen atoms in total. The smallest absolute Gasteiger partial charge is 0.242 e. The minimum Gasteiger partial charge on any atom is -0.391 e. The molecule has 2 saturated heterocycles. The van der Waals surface area contributed by atoms with Gasteiger partial charge < -0.3 is 21.1 Å². The second-order valence-electron chi connectivity index (χ2n) is 5.14. The minimum absolute atomic E-state index is 0. The van der Waals surface area contributed by atoms with E-state index in [9.17, 15) is 9.90 Å². The lowest BCUT2D eigenvalue weighted by molar-refractivity contribution is -0.135. The number of hydrogen-bond acceptors (Lipinski definition) is 4. The van der Waals surface area contributed by atoms with Crippen molar-refractivity contribution in [1.82, 2.24) is 10.2 Å². The molecular weight excluding hydrogens is 230 g/mol. The Balaban J connectivity index is 0.00000162. The predicted octanol–water partition coefficient (Wildman–Crippen LogP) is -0.0673. The molecule has 2 atom stereocenters. The van der Waals surface area contributed by atoms with Crippen molar-refractivity contribution in [3.63, 3.8) is 0 Å². The van der Waals surface area contributed by atoms with Gasteiger partial charge in [-0.05, 0) is 44.7 Å². The monoisotopic (exact) mass is 257 g/mol. The lowest BCUT2D eigenvalue weighted by Crippen LogP contribution is -2.53. The molecule has 106 valence electrons. The zero-order chi connectivity index (χ0) is 12.3. The van der Waals surface area contributed by atoms with E-state index in [0.717, 1.165) is 51.9 Å². The van der Waals surface area contributed by atoms with Crippen molar-refractivity contribution in [2.75, 3.05) is 26.2 Å². The average Bonchev–Trinajstić information content (AvgIpc) is 2.91. The van der Waals surface area contributed by atoms with Crippen LogP contribution in [0.1, 0.15) is 33.1 Å². The third kappa shape index (κ3) is 3.43. The van der Waals surface area contributed by atoms with Gasteiger partial charge in [0.1, 0.15) is 6.04 Å². The van der Waals surface area contributed by atoms with Crippen LogP contribution in [-0.2, 0) is 4.79 Å². The standard InChI is InChI=1S/C12H23N3O2.CH4/c13-10(12(17)15-7-1-2-8-15)11(16)9-3-5-14-6-4-9;/h9-11,14,16H,1-8,13H2;1H4/t10-,11+;/m1./s1. The molecule has 0 saturated carbocycles. The van der Waals surface area contributed by atoms with Crippen molar-refractivity contribution in [1.29, 1.82) is 0 Å². The maximum atomic E-state index is 12.1. The first-order valence-electron chi connectivity index (χ1n) is 6.63. The number of nitrogens with one attached hydrogen (secondary N) is 1. The summed E-state index contributed by atoms with van der Waals surface area (Å²) >= 11 is 0. The molecule has 5 heteroatoms. The molecule has 2 fully saturated rings. The molecule has 4 N–H and O–H groups in total. The average molecular weight is 257 g/mol. The Bertz CT molecular complexity index is 261. The van der Waals surface area contributed by atoms with Crippen LogP contribution in [0.15, 0.2) is 0 Å². The fourth-order valence-corrected chi connectivity index (χ4v) is 2.77. The number of aliphatic hydroxyl groups is 1. The number of hydrogen-bond donors (Lipinski definition) is 3. The van der Waals surface area contributed by atoms with Gasteiger partial charge >= 0.3 is 0 Å². The van der Waals surface area contributed by atoms with Gasteiger partial charge in [0.25, 0.3) is 0 Å². The first-order chi connectivity index (χ1) is 8.20. The number of nitrogens with two attached hydrogens (primary N) is 1. The highest BCUT2D eigenvalue weighted by Gasteiger charge is 2.33. The summed E-state index contributed by atoms with van der Waals surface area (Å²) < 4.78 is 0. The number of rotatable bonds is 3. The molecule has 0 radical (unpaired) electrons. The van der Waals surface area contributed by atoms with Gasteiger partial charge in [-0.3, -0.25) is 4.79 Å². The van der Waals surface area contributed by atoms with Crippen LogP contribution in [-0.4, -0.2) is 54.2 Å². The molecule has 0 unspecified atom stereocenters. The third-order valence-corrected chi connectivity index (χ3v) is 3.94. The topological polar surface area (TPSA) is 78.6 Å². The molecule has 1 amide bonds. The predicted molar refractivity (Wildman–Crippen MR) is 72.1 cm³/mol. The molecule has 0 aliphatic carbocycles. The van der Waals surface area contributed by atoms with Crippen molar-refractivity contribution in [3.05, 3.63) is 0 Å². The third-order valence-electron chi connectivity index (χ3n) is 3.94. The fraction of sp³-hybridized carbons (Fsp3) is 0.923. The van der Waals surface area contributed by atoms with Crippen LogP contribution in [0.5, 0.6) is 0 Å². The first kappa shape index (κ1) is 15.4. The molecule has 0 aromatic heterocycles. The zero-order valence-electron chi connectivity index (χ0n) is 10.3. The van der Waals surface area contributed by atoms with Crippen molar-refractivity contribution in [2.24, 2.45) is 11.7 Å². The van der Waals surface area contributed by atoms with Gasteiger partial charge in [-0.1, -0.05) is 7.43 Å². The van der Waals surface area contributed by atoms with Gasteiger partial charge in [0, 0.05) is 13.1 Å². The van der Waals surface area contributed by atoms with E-state index in [1.54, 1.807) is 4.90 Å². The van der Waals surface area contributed by atoms with E-state index >= 15 is 0 Å². The van der Waals surface area contributed by atoms with Gasteiger partial charge in [0.15, 0.2) is 0 Å². The summed E-state index contributed by atoms with van der Waals surface area (Å²) in [5.41, 5.74) is 5.91. The Morgan fingerprint density at radius 1 is 1.28 bits per heavy atom. The van der Waals surface area contributed by atoms with E-state index in [2.05, 4.69) is 5.32 Å². The number of carbonyl (C=O) groups is 1. The van der Waals surface area contributed by atoms with Gasteiger partial charge in [0.2, 0.25) is 5.91 Å². The highest BCUT2D eigenvalue weighted by Crippen LogP contribution is 2.20. The van der Waals surface area contributed by atoms with Crippen LogP contribution in [0.4, 0.5) is 0 Å². The first-order valence-corrected chi connectivity index (χ1v) is 6.63. The Kier molecular flexibility index (Phi) is 6.05. The molecule has 2 aliphatic heterocycles. The SMILES string of the molecule is C.N[C@@H](C(=O)N1CCCC1)[C@@H](O)C1CCNCC1. The molecule has 0 bridgehead atoms. The van der Waals surface area contributed by atoms with E-state index in [4.69, 9.17) is 5.73 Å². The summed E-state index contributed by atoms with van der Waals surface area (Å²) in [6.07, 6.45) is 3.24. The Morgan fingerprint density at radius 3 is 2.39 bits per heavy atom. The molecule has 2 heterocycles. The number of piperidine rings is 1. The van der Waals surface area contributed by atoms with Crippen molar-refractivity contribution >= 4 is 5.91 Å². The van der Waals surface area contributed by atoms with Crippen molar-refractivity contribution in [2.45, 2.75) is 45.3 Å². The normalized spacial score (nSPS) is 24.4. The maximum absolute atomic E-state index is 12.1. The van der Waals surface area contributed by atoms with Gasteiger partial charge in [-0.15, -0.1) is 0 Å². The minimum atomic E-state index is -0.740. The highest BCUT2D eigenvalue weighted by molar-refractivity contribution is 5.82. The second kappa shape index (κ2) is 7.07. The molecule has 0 aromatic rings. The van der Waals surface area contributed by atoms with Crippen LogP contribution in [0.3, 0.4) is 0 Å². The Hall–Kier alpha value is -0.650. The van der Waals surface area contributed by atoms with Crippen LogP contribution in [0, 0.1) is 5.92 Å². The number of nitrogens with zero attached hydrogens (tertiary/aromatic N) is 1. The fourth-order valence-electron chi connectivity index (χ4n) is 2.77. The van der Waals surface area contributed by atoms with E-state index in [1.807, 2.05) is 0 Å².